The van der Waals surface area contributed by atoms with Crippen molar-refractivity contribution in [2.24, 2.45) is 0 Å². The Kier molecular flexibility index (Phi) is 5.08. The van der Waals surface area contributed by atoms with Gasteiger partial charge < -0.3 is 4.74 Å². The van der Waals surface area contributed by atoms with Gasteiger partial charge in [0.2, 0.25) is 0 Å². The molecule has 0 spiro atoms. The highest BCUT2D eigenvalue weighted by Crippen LogP contribution is 2.38. The zero-order chi connectivity index (χ0) is 15.4. The van der Waals surface area contributed by atoms with E-state index in [9.17, 15) is 26.7 Å². The molecule has 2 nitrogen and oxygen atoms in total. The first-order chi connectivity index (χ1) is 9.12. The molecule has 0 bridgehead atoms. The van der Waals surface area contributed by atoms with Crippen molar-refractivity contribution in [1.29, 1.82) is 0 Å². The summed E-state index contributed by atoms with van der Waals surface area (Å²) in [6.45, 7) is 1.28. The number of rotatable bonds is 5. The van der Waals surface area contributed by atoms with E-state index in [1.54, 1.807) is 0 Å². The van der Waals surface area contributed by atoms with E-state index in [-0.39, 0.29) is 13.0 Å². The second-order valence-corrected chi connectivity index (χ2v) is 4.30. The average Bonchev–Trinajstić information content (AvgIpc) is 2.34. The highest BCUT2D eigenvalue weighted by Gasteiger charge is 2.56. The molecule has 1 aromatic rings. The molecule has 1 rings (SSSR count). The third-order valence-electron chi connectivity index (χ3n) is 2.61. The molecule has 20 heavy (non-hydrogen) atoms. The molecule has 0 aromatic heterocycles. The van der Waals surface area contributed by atoms with Crippen molar-refractivity contribution < 1.29 is 31.5 Å². The second-order valence-electron chi connectivity index (χ2n) is 4.30. The van der Waals surface area contributed by atoms with Gasteiger partial charge in [-0.15, -0.1) is 0 Å². The van der Waals surface area contributed by atoms with Crippen LogP contribution in [0.1, 0.15) is 24.5 Å². The van der Waals surface area contributed by atoms with Crippen molar-refractivity contribution in [3.05, 3.63) is 35.4 Å². The van der Waals surface area contributed by atoms with Crippen LogP contribution in [0, 0.1) is 0 Å². The molecule has 0 aliphatic heterocycles. The first-order valence-corrected chi connectivity index (χ1v) is 5.77. The van der Waals surface area contributed by atoms with Crippen LogP contribution in [0.4, 0.5) is 22.0 Å². The summed E-state index contributed by atoms with van der Waals surface area (Å²) >= 11 is 0. The van der Waals surface area contributed by atoms with Crippen LogP contribution < -0.4 is 0 Å². The first kappa shape index (κ1) is 16.4. The maximum Gasteiger partial charge on any atom is 0.453 e. The maximum absolute atomic E-state index is 12.7. The highest BCUT2D eigenvalue weighted by atomic mass is 19.4. The third kappa shape index (κ3) is 4.79. The van der Waals surface area contributed by atoms with E-state index in [1.165, 1.54) is 31.2 Å². The minimum Gasteiger partial charge on any atom is -0.461 e. The van der Waals surface area contributed by atoms with E-state index in [0.717, 1.165) is 0 Å². The Morgan fingerprint density at radius 1 is 1.05 bits per heavy atom. The molecule has 0 aliphatic rings. The fourth-order valence-electron chi connectivity index (χ4n) is 1.43. The molecule has 112 valence electrons. The Morgan fingerprint density at radius 2 is 1.55 bits per heavy atom. The standard InChI is InChI=1S/C13H13F5O2/c1-9(19)20-8-11-4-2-10(3-5-11)6-7-12(14,15)13(16,17)18/h2-5H,6-8H2,1H3. The summed E-state index contributed by atoms with van der Waals surface area (Å²) < 4.78 is 66.1. The SMILES string of the molecule is CC(=O)OCc1ccc(CCC(F)(F)C(F)(F)F)cc1. The summed E-state index contributed by atoms with van der Waals surface area (Å²) in [5.41, 5.74) is 0.993. The van der Waals surface area contributed by atoms with E-state index in [0.29, 0.717) is 11.1 Å². The number of aryl methyl sites for hydroxylation is 1. The Bertz CT molecular complexity index is 451. The molecule has 1 aromatic carbocycles. The van der Waals surface area contributed by atoms with Crippen molar-refractivity contribution in [3.63, 3.8) is 0 Å². The van der Waals surface area contributed by atoms with E-state index in [1.807, 2.05) is 0 Å². The van der Waals surface area contributed by atoms with Gasteiger partial charge >= 0.3 is 18.1 Å². The van der Waals surface area contributed by atoms with Crippen molar-refractivity contribution in [2.45, 2.75) is 38.5 Å². The predicted molar refractivity (Wildman–Crippen MR) is 61.2 cm³/mol. The summed E-state index contributed by atoms with van der Waals surface area (Å²) in [6, 6.07) is 5.91. The molecule has 0 aliphatic carbocycles. The summed E-state index contributed by atoms with van der Waals surface area (Å²) in [5.74, 6) is -5.15. The molecular formula is C13H13F5O2. The quantitative estimate of drug-likeness (QED) is 0.609. The lowest BCUT2D eigenvalue weighted by atomic mass is 10.0. The van der Waals surface area contributed by atoms with Gasteiger partial charge in [-0.3, -0.25) is 4.79 Å². The van der Waals surface area contributed by atoms with Crippen LogP contribution >= 0.6 is 0 Å². The van der Waals surface area contributed by atoms with E-state index in [4.69, 9.17) is 4.74 Å². The minimum absolute atomic E-state index is 0.0360. The molecular weight excluding hydrogens is 283 g/mol. The van der Waals surface area contributed by atoms with Gasteiger partial charge in [0.1, 0.15) is 6.61 Å². The van der Waals surface area contributed by atoms with Gasteiger partial charge in [0, 0.05) is 13.3 Å². The van der Waals surface area contributed by atoms with Crippen LogP contribution in [0.15, 0.2) is 24.3 Å². The van der Waals surface area contributed by atoms with Crippen LogP contribution in [0.2, 0.25) is 0 Å². The molecule has 0 saturated carbocycles. The van der Waals surface area contributed by atoms with Crippen LogP contribution in [0.25, 0.3) is 0 Å². The van der Waals surface area contributed by atoms with E-state index >= 15 is 0 Å². The van der Waals surface area contributed by atoms with Gasteiger partial charge in [0.15, 0.2) is 0 Å². The summed E-state index contributed by atoms with van der Waals surface area (Å²) in [6.07, 6.45) is -7.21. The Balaban J connectivity index is 2.56. The zero-order valence-electron chi connectivity index (χ0n) is 10.6. The number of esters is 1. The van der Waals surface area contributed by atoms with Crippen LogP contribution in [-0.4, -0.2) is 18.1 Å². The van der Waals surface area contributed by atoms with Crippen molar-refractivity contribution in [1.82, 2.24) is 0 Å². The van der Waals surface area contributed by atoms with Crippen molar-refractivity contribution in [2.75, 3.05) is 0 Å². The lowest BCUT2D eigenvalue weighted by Gasteiger charge is -2.19. The fraction of sp³-hybridized carbons (Fsp3) is 0.462. The maximum atomic E-state index is 12.7. The van der Waals surface area contributed by atoms with E-state index < -0.39 is 24.5 Å². The summed E-state index contributed by atoms with van der Waals surface area (Å²) in [5, 5.41) is 0. The largest absolute Gasteiger partial charge is 0.461 e. The smallest absolute Gasteiger partial charge is 0.453 e. The molecule has 0 N–H and O–H groups in total. The zero-order valence-corrected chi connectivity index (χ0v) is 10.6. The molecule has 0 unspecified atom stereocenters. The lowest BCUT2D eigenvalue weighted by Crippen LogP contribution is -2.36. The van der Waals surface area contributed by atoms with E-state index in [2.05, 4.69) is 0 Å². The van der Waals surface area contributed by atoms with Gasteiger partial charge in [-0.1, -0.05) is 24.3 Å². The third-order valence-corrected chi connectivity index (χ3v) is 2.61. The Morgan fingerprint density at radius 3 is 2.00 bits per heavy atom. The van der Waals surface area contributed by atoms with Gasteiger partial charge in [-0.05, 0) is 17.5 Å². The number of carbonyl (C=O) groups excluding carboxylic acids is 1. The first-order valence-electron chi connectivity index (χ1n) is 5.77. The number of benzene rings is 1. The molecule has 0 radical (unpaired) electrons. The average molecular weight is 296 g/mol. The van der Waals surface area contributed by atoms with Crippen LogP contribution in [-0.2, 0) is 22.6 Å². The molecule has 0 amide bonds. The van der Waals surface area contributed by atoms with Gasteiger partial charge in [0.05, 0.1) is 0 Å². The van der Waals surface area contributed by atoms with Gasteiger partial charge in [-0.2, -0.15) is 22.0 Å². The lowest BCUT2D eigenvalue weighted by molar-refractivity contribution is -0.284. The number of carbonyl (C=O) groups is 1. The van der Waals surface area contributed by atoms with Crippen molar-refractivity contribution in [3.8, 4) is 0 Å². The monoisotopic (exact) mass is 296 g/mol. The Hall–Kier alpha value is -1.66. The molecule has 0 heterocycles. The van der Waals surface area contributed by atoms with Gasteiger partial charge in [0.25, 0.3) is 0 Å². The summed E-state index contributed by atoms with van der Waals surface area (Å²) in [7, 11) is 0. The van der Waals surface area contributed by atoms with Gasteiger partial charge in [-0.25, -0.2) is 0 Å². The molecule has 0 atom stereocenters. The minimum atomic E-state index is -5.53. The summed E-state index contributed by atoms with van der Waals surface area (Å²) in [4.78, 5) is 10.6. The number of ether oxygens (including phenoxy) is 1. The van der Waals surface area contributed by atoms with Crippen LogP contribution in [0.3, 0.4) is 0 Å². The fourth-order valence-corrected chi connectivity index (χ4v) is 1.43. The number of hydrogen-bond donors (Lipinski definition) is 0. The second kappa shape index (κ2) is 6.19. The Labute approximate surface area is 112 Å². The predicted octanol–water partition coefficient (Wildman–Crippen LogP) is 3.88. The highest BCUT2D eigenvalue weighted by molar-refractivity contribution is 5.65. The normalized spacial score (nSPS) is 12.3. The molecule has 0 fully saturated rings. The molecule has 0 saturated heterocycles. The number of hydrogen-bond acceptors (Lipinski definition) is 2. The molecule has 7 heteroatoms. The number of alkyl halides is 5. The van der Waals surface area contributed by atoms with Crippen molar-refractivity contribution >= 4 is 5.97 Å². The topological polar surface area (TPSA) is 26.3 Å². The number of halogens is 5. The van der Waals surface area contributed by atoms with Crippen LogP contribution in [0.5, 0.6) is 0 Å².